The number of amides is 1. The van der Waals surface area contributed by atoms with E-state index in [4.69, 9.17) is 5.26 Å². The second-order valence-electron chi connectivity index (χ2n) is 7.37. The monoisotopic (exact) mass is 396 g/mol. The number of benzene rings is 1. The molecule has 1 N–H and O–H groups in total. The van der Waals surface area contributed by atoms with Crippen LogP contribution >= 0.6 is 11.8 Å². The van der Waals surface area contributed by atoms with Crippen LogP contribution in [0.3, 0.4) is 0 Å². The first-order valence-electron chi connectivity index (χ1n) is 9.83. The molecule has 1 aromatic carbocycles. The van der Waals surface area contributed by atoms with Gasteiger partial charge in [0.15, 0.2) is 5.16 Å². The first-order valence-corrected chi connectivity index (χ1v) is 10.7. The van der Waals surface area contributed by atoms with E-state index in [0.717, 1.165) is 37.0 Å². The van der Waals surface area contributed by atoms with Gasteiger partial charge in [-0.3, -0.25) is 9.36 Å². The maximum absolute atomic E-state index is 12.6. The first kappa shape index (κ1) is 18.8. The Labute approximate surface area is 169 Å². The Morgan fingerprint density at radius 2 is 2.07 bits per heavy atom. The number of carbonyl (C=O) groups is 1. The highest BCUT2D eigenvalue weighted by atomic mass is 32.2. The first-order chi connectivity index (χ1) is 13.7. The standard InChI is InChI=1S/C20H24N6OS/c1-14(18(27)22-16-7-5-6-15(12-16)13-21)28-20-24-23-19(26(20)17-8-9-17)25-10-3-2-4-11-25/h5-7,12,14,17H,2-4,8-11H2,1H3,(H,22,27). The minimum absolute atomic E-state index is 0.107. The van der Waals surface area contributed by atoms with Gasteiger partial charge in [0.25, 0.3) is 0 Å². The summed E-state index contributed by atoms with van der Waals surface area (Å²) in [5, 5.41) is 21.3. The number of hydrogen-bond donors (Lipinski definition) is 1. The molecule has 7 nitrogen and oxygen atoms in total. The molecule has 1 aliphatic carbocycles. The van der Waals surface area contributed by atoms with Crippen molar-refractivity contribution in [1.82, 2.24) is 14.8 Å². The van der Waals surface area contributed by atoms with E-state index in [1.165, 1.54) is 31.0 Å². The maximum Gasteiger partial charge on any atom is 0.237 e. The zero-order chi connectivity index (χ0) is 19.5. The lowest BCUT2D eigenvalue weighted by atomic mass is 10.1. The third-order valence-electron chi connectivity index (χ3n) is 5.11. The number of thioether (sulfide) groups is 1. The van der Waals surface area contributed by atoms with Crippen molar-refractivity contribution in [2.75, 3.05) is 23.3 Å². The third kappa shape index (κ3) is 4.14. The van der Waals surface area contributed by atoms with Gasteiger partial charge in [-0.05, 0) is 57.2 Å². The van der Waals surface area contributed by atoms with Crippen molar-refractivity contribution in [3.05, 3.63) is 29.8 Å². The average molecular weight is 397 g/mol. The fraction of sp³-hybridized carbons (Fsp3) is 0.500. The van der Waals surface area contributed by atoms with Crippen LogP contribution in [0.4, 0.5) is 11.6 Å². The molecule has 4 rings (SSSR count). The molecule has 0 spiro atoms. The van der Waals surface area contributed by atoms with Crippen molar-refractivity contribution in [2.45, 2.75) is 55.5 Å². The summed E-state index contributed by atoms with van der Waals surface area (Å²) in [4.78, 5) is 15.0. The summed E-state index contributed by atoms with van der Waals surface area (Å²) < 4.78 is 2.23. The minimum atomic E-state index is -0.318. The minimum Gasteiger partial charge on any atom is -0.341 e. The lowest BCUT2D eigenvalue weighted by Gasteiger charge is -2.28. The summed E-state index contributed by atoms with van der Waals surface area (Å²) in [5.74, 6) is 0.851. The zero-order valence-corrected chi connectivity index (χ0v) is 16.8. The number of rotatable bonds is 6. The number of nitriles is 1. The van der Waals surface area contributed by atoms with Gasteiger partial charge in [0, 0.05) is 24.8 Å². The van der Waals surface area contributed by atoms with Crippen LogP contribution in [0, 0.1) is 11.3 Å². The number of hydrogen-bond acceptors (Lipinski definition) is 6. The van der Waals surface area contributed by atoms with Gasteiger partial charge in [-0.15, -0.1) is 10.2 Å². The van der Waals surface area contributed by atoms with Crippen LogP contribution in [0.25, 0.3) is 0 Å². The fourth-order valence-electron chi connectivity index (χ4n) is 3.43. The summed E-state index contributed by atoms with van der Waals surface area (Å²) in [5.41, 5.74) is 1.16. The molecule has 2 fully saturated rings. The fourth-order valence-corrected chi connectivity index (χ4v) is 4.35. The number of carbonyl (C=O) groups excluding carboxylic acids is 1. The van der Waals surface area contributed by atoms with Crippen molar-refractivity contribution in [3.8, 4) is 6.07 Å². The highest BCUT2D eigenvalue weighted by Crippen LogP contribution is 2.42. The van der Waals surface area contributed by atoms with Crippen LogP contribution in [0.15, 0.2) is 29.4 Å². The molecule has 146 valence electrons. The average Bonchev–Trinajstić information content (AvgIpc) is 3.48. The Hall–Kier alpha value is -2.53. The van der Waals surface area contributed by atoms with E-state index in [-0.39, 0.29) is 11.2 Å². The van der Waals surface area contributed by atoms with Crippen molar-refractivity contribution in [1.29, 1.82) is 5.26 Å². The summed E-state index contributed by atoms with van der Waals surface area (Å²) >= 11 is 1.45. The van der Waals surface area contributed by atoms with E-state index in [0.29, 0.717) is 17.3 Å². The summed E-state index contributed by atoms with van der Waals surface area (Å²) in [6.07, 6.45) is 5.96. The van der Waals surface area contributed by atoms with E-state index in [2.05, 4.69) is 31.1 Å². The predicted molar refractivity (Wildman–Crippen MR) is 109 cm³/mol. The smallest absolute Gasteiger partial charge is 0.237 e. The molecular formula is C20H24N6OS. The number of nitrogens with one attached hydrogen (secondary N) is 1. The number of aromatic nitrogens is 3. The Balaban J connectivity index is 1.46. The predicted octanol–water partition coefficient (Wildman–Crippen LogP) is 3.59. The highest BCUT2D eigenvalue weighted by molar-refractivity contribution is 8.00. The number of anilines is 2. The van der Waals surface area contributed by atoms with Gasteiger partial charge < -0.3 is 10.2 Å². The lowest BCUT2D eigenvalue weighted by molar-refractivity contribution is -0.115. The largest absolute Gasteiger partial charge is 0.341 e. The van der Waals surface area contributed by atoms with Gasteiger partial charge in [0.05, 0.1) is 16.9 Å². The molecule has 1 saturated carbocycles. The second kappa shape index (κ2) is 8.23. The Kier molecular flexibility index (Phi) is 5.53. The van der Waals surface area contributed by atoms with Gasteiger partial charge in [0.2, 0.25) is 11.9 Å². The quantitative estimate of drug-likeness (QED) is 0.751. The summed E-state index contributed by atoms with van der Waals surface area (Å²) in [7, 11) is 0. The molecule has 0 bridgehead atoms. The number of piperidine rings is 1. The molecule has 1 amide bonds. The van der Waals surface area contributed by atoms with Gasteiger partial charge in [-0.1, -0.05) is 17.8 Å². The Morgan fingerprint density at radius 1 is 1.29 bits per heavy atom. The number of nitrogens with zero attached hydrogens (tertiary/aromatic N) is 5. The molecule has 1 saturated heterocycles. The molecule has 28 heavy (non-hydrogen) atoms. The highest BCUT2D eigenvalue weighted by Gasteiger charge is 2.33. The van der Waals surface area contributed by atoms with Gasteiger partial charge >= 0.3 is 0 Å². The summed E-state index contributed by atoms with van der Waals surface area (Å²) in [6, 6.07) is 9.49. The van der Waals surface area contributed by atoms with Crippen LogP contribution in [-0.4, -0.2) is 39.0 Å². The molecule has 1 aliphatic heterocycles. The van der Waals surface area contributed by atoms with E-state index >= 15 is 0 Å². The van der Waals surface area contributed by atoms with E-state index in [1.807, 2.05) is 6.92 Å². The molecule has 8 heteroatoms. The van der Waals surface area contributed by atoms with E-state index < -0.39 is 0 Å². The Morgan fingerprint density at radius 3 is 2.79 bits per heavy atom. The topological polar surface area (TPSA) is 86.8 Å². The normalized spacial score (nSPS) is 17.8. The maximum atomic E-state index is 12.6. The molecule has 2 aliphatic rings. The molecule has 1 atom stereocenters. The van der Waals surface area contributed by atoms with Gasteiger partial charge in [0.1, 0.15) is 0 Å². The molecular weight excluding hydrogens is 372 g/mol. The molecule has 0 radical (unpaired) electrons. The van der Waals surface area contributed by atoms with Crippen LogP contribution in [-0.2, 0) is 4.79 Å². The second-order valence-corrected chi connectivity index (χ2v) is 8.68. The SMILES string of the molecule is CC(Sc1nnc(N2CCCCC2)n1C1CC1)C(=O)Nc1cccc(C#N)c1. The van der Waals surface area contributed by atoms with Crippen molar-refractivity contribution < 1.29 is 4.79 Å². The van der Waals surface area contributed by atoms with Crippen molar-refractivity contribution in [3.63, 3.8) is 0 Å². The Bertz CT molecular complexity index is 894. The zero-order valence-electron chi connectivity index (χ0n) is 16.0. The van der Waals surface area contributed by atoms with Gasteiger partial charge in [-0.25, -0.2) is 0 Å². The third-order valence-corrected chi connectivity index (χ3v) is 6.16. The van der Waals surface area contributed by atoms with E-state index in [9.17, 15) is 4.79 Å². The molecule has 2 heterocycles. The van der Waals surface area contributed by atoms with Crippen LogP contribution in [0.2, 0.25) is 0 Å². The van der Waals surface area contributed by atoms with Crippen LogP contribution < -0.4 is 10.2 Å². The lowest BCUT2D eigenvalue weighted by Crippen LogP contribution is -2.32. The van der Waals surface area contributed by atoms with Crippen molar-refractivity contribution in [2.24, 2.45) is 0 Å². The summed E-state index contributed by atoms with van der Waals surface area (Å²) in [6.45, 7) is 3.93. The van der Waals surface area contributed by atoms with Gasteiger partial charge in [-0.2, -0.15) is 5.26 Å². The van der Waals surface area contributed by atoms with Crippen LogP contribution in [0.1, 0.15) is 50.6 Å². The van der Waals surface area contributed by atoms with E-state index in [1.54, 1.807) is 24.3 Å². The molecule has 2 aromatic rings. The molecule has 1 aromatic heterocycles. The van der Waals surface area contributed by atoms with Crippen molar-refractivity contribution >= 4 is 29.3 Å². The molecule has 1 unspecified atom stereocenters. The van der Waals surface area contributed by atoms with Crippen LogP contribution in [0.5, 0.6) is 0 Å².